The van der Waals surface area contributed by atoms with E-state index in [0.717, 1.165) is 16.5 Å². The van der Waals surface area contributed by atoms with E-state index >= 15 is 0 Å². The van der Waals surface area contributed by atoms with Crippen molar-refractivity contribution in [3.05, 3.63) is 46.2 Å². The lowest BCUT2D eigenvalue weighted by Crippen LogP contribution is -3.00. The molecule has 1 spiro atoms. The van der Waals surface area contributed by atoms with Crippen molar-refractivity contribution in [3.63, 3.8) is 0 Å². The van der Waals surface area contributed by atoms with Gasteiger partial charge in [-0.2, -0.15) is 4.52 Å². The highest BCUT2D eigenvalue weighted by Crippen LogP contribution is 2.77. The fourth-order valence-electron chi connectivity index (χ4n) is 2.17. The van der Waals surface area contributed by atoms with Crippen LogP contribution in [-0.4, -0.2) is 11.6 Å². The van der Waals surface area contributed by atoms with E-state index in [0.29, 0.717) is 0 Å². The Bertz CT molecular complexity index is 580. The Balaban J connectivity index is 0.00000161. The van der Waals surface area contributed by atoms with Gasteiger partial charge >= 0.3 is 13.9 Å². The summed E-state index contributed by atoms with van der Waals surface area (Å²) >= 11 is 3.49. The highest BCUT2D eigenvalue weighted by molar-refractivity contribution is 9.11. The molecule has 0 radical (unpaired) electrons. The van der Waals surface area contributed by atoms with Gasteiger partial charge in [-0.3, -0.25) is 0 Å². The van der Waals surface area contributed by atoms with Crippen molar-refractivity contribution in [1.82, 2.24) is 0 Å². The largest absolute Gasteiger partial charge is 1.00 e. The van der Waals surface area contributed by atoms with Gasteiger partial charge in [-0.15, -0.1) is 4.52 Å². The van der Waals surface area contributed by atoms with E-state index in [1.807, 2.05) is 44.2 Å². The van der Waals surface area contributed by atoms with Crippen LogP contribution in [0.1, 0.15) is 31.9 Å². The predicted octanol–water partition coefficient (Wildman–Crippen LogP) is 1.50. The van der Waals surface area contributed by atoms with Gasteiger partial charge < -0.3 is 17.0 Å². The standard InChI is InChI=1S/C14H15BrO4P.BrH/c1-3-14(2)11(15)9-20(19-14)17-12(13(16)18-20)10-7-5-4-6-8-10;/h4-9,12H,3H2,1-2H3;1H/q+1;/p-1. The van der Waals surface area contributed by atoms with Crippen molar-refractivity contribution in [1.29, 1.82) is 0 Å². The average molecular weight is 438 g/mol. The number of hydrogen-bond acceptors (Lipinski definition) is 4. The maximum absolute atomic E-state index is 12.1. The number of carbonyl (C=O) groups is 1. The van der Waals surface area contributed by atoms with Gasteiger partial charge in [-0.1, -0.05) is 37.3 Å². The maximum Gasteiger partial charge on any atom is 0.493 e. The molecule has 0 bridgehead atoms. The molecule has 114 valence electrons. The molecule has 3 unspecified atom stereocenters. The zero-order chi connectivity index (χ0) is 14.4. The van der Waals surface area contributed by atoms with E-state index in [1.165, 1.54) is 0 Å². The number of carbonyl (C=O) groups excluding carboxylic acids is 1. The molecule has 21 heavy (non-hydrogen) atoms. The Morgan fingerprint density at radius 1 is 1.33 bits per heavy atom. The molecule has 3 rings (SSSR count). The van der Waals surface area contributed by atoms with Crippen LogP contribution in [0, 0.1) is 0 Å². The SMILES string of the molecule is CCC1(C)O[P+]2(C=C1Br)OC(=O)C(c1ccccc1)O2.[Br-]. The fourth-order valence-corrected chi connectivity index (χ4v) is 5.88. The van der Waals surface area contributed by atoms with Gasteiger partial charge in [0.25, 0.3) is 0 Å². The van der Waals surface area contributed by atoms with Crippen LogP contribution in [0.2, 0.25) is 0 Å². The zero-order valence-corrected chi connectivity index (χ0v) is 15.7. The van der Waals surface area contributed by atoms with E-state index in [2.05, 4.69) is 15.9 Å². The molecule has 1 aromatic rings. The first-order valence-electron chi connectivity index (χ1n) is 6.43. The first-order valence-corrected chi connectivity index (χ1v) is 8.84. The molecule has 2 aliphatic heterocycles. The summed E-state index contributed by atoms with van der Waals surface area (Å²) in [6, 6.07) is 9.33. The summed E-state index contributed by atoms with van der Waals surface area (Å²) in [5.41, 5.74) is 0.298. The smallest absolute Gasteiger partial charge is 0.493 e. The minimum Gasteiger partial charge on any atom is -1.00 e. The Morgan fingerprint density at radius 3 is 2.57 bits per heavy atom. The fraction of sp³-hybridized carbons (Fsp3) is 0.357. The molecule has 3 atom stereocenters. The summed E-state index contributed by atoms with van der Waals surface area (Å²) in [5, 5.41) is 0. The van der Waals surface area contributed by atoms with E-state index in [9.17, 15) is 4.79 Å². The van der Waals surface area contributed by atoms with Crippen LogP contribution in [0.25, 0.3) is 0 Å². The highest BCUT2D eigenvalue weighted by Gasteiger charge is 2.67. The van der Waals surface area contributed by atoms with Gasteiger partial charge in [0.15, 0.2) is 11.4 Å². The second-order valence-electron chi connectivity index (χ2n) is 5.00. The molecule has 1 aromatic carbocycles. The molecule has 2 heterocycles. The zero-order valence-electron chi connectivity index (χ0n) is 11.6. The van der Waals surface area contributed by atoms with Gasteiger partial charge in [0.2, 0.25) is 6.10 Å². The van der Waals surface area contributed by atoms with Gasteiger partial charge in [-0.05, 0) is 34.8 Å². The average Bonchev–Trinajstić information content (AvgIpc) is 2.88. The van der Waals surface area contributed by atoms with Crippen molar-refractivity contribution in [2.24, 2.45) is 0 Å². The summed E-state index contributed by atoms with van der Waals surface area (Å²) in [5.74, 6) is 1.40. The first-order chi connectivity index (χ1) is 9.48. The summed E-state index contributed by atoms with van der Waals surface area (Å²) in [6.07, 6.45) is 0.0585. The van der Waals surface area contributed by atoms with E-state index < -0.39 is 19.6 Å². The molecule has 0 aromatic heterocycles. The molecule has 7 heteroatoms. The maximum atomic E-state index is 12.1. The third-order valence-corrected chi connectivity index (χ3v) is 7.16. The van der Waals surface area contributed by atoms with E-state index in [4.69, 9.17) is 13.6 Å². The Hall–Kier alpha value is -0.260. The minimum absolute atomic E-state index is 0. The lowest BCUT2D eigenvalue weighted by molar-refractivity contribution is -0.136. The van der Waals surface area contributed by atoms with Crippen molar-refractivity contribution in [3.8, 4) is 0 Å². The van der Waals surface area contributed by atoms with Crippen LogP contribution in [0.15, 0.2) is 40.6 Å². The van der Waals surface area contributed by atoms with Crippen LogP contribution < -0.4 is 17.0 Å². The molecule has 0 aliphatic carbocycles. The van der Waals surface area contributed by atoms with Gasteiger partial charge in [0.05, 0.1) is 4.48 Å². The predicted molar refractivity (Wildman–Crippen MR) is 80.1 cm³/mol. The number of hydrogen-bond donors (Lipinski definition) is 0. The Labute approximate surface area is 143 Å². The van der Waals surface area contributed by atoms with E-state index in [1.54, 1.807) is 5.82 Å². The van der Waals surface area contributed by atoms with Crippen LogP contribution >= 0.6 is 23.9 Å². The molecule has 4 nitrogen and oxygen atoms in total. The molecule has 1 saturated heterocycles. The second kappa shape index (κ2) is 6.09. The van der Waals surface area contributed by atoms with Crippen LogP contribution in [0.3, 0.4) is 0 Å². The van der Waals surface area contributed by atoms with Crippen molar-refractivity contribution >= 4 is 29.8 Å². The molecule has 0 N–H and O–H groups in total. The molecular formula is C14H15Br2O4P. The van der Waals surface area contributed by atoms with E-state index in [-0.39, 0.29) is 23.0 Å². The Morgan fingerprint density at radius 2 is 2.00 bits per heavy atom. The normalized spacial score (nSPS) is 34.5. The molecule has 0 saturated carbocycles. The Kier molecular flexibility index (Phi) is 4.96. The summed E-state index contributed by atoms with van der Waals surface area (Å²) in [4.78, 5) is 12.1. The lowest BCUT2D eigenvalue weighted by atomic mass is 10.1. The molecule has 2 aliphatic rings. The third kappa shape index (κ3) is 2.97. The minimum atomic E-state index is -2.73. The monoisotopic (exact) mass is 436 g/mol. The summed E-state index contributed by atoms with van der Waals surface area (Å²) < 4.78 is 18.2. The quantitative estimate of drug-likeness (QED) is 0.658. The number of halogens is 2. The van der Waals surface area contributed by atoms with Crippen molar-refractivity contribution in [2.75, 3.05) is 0 Å². The molecule has 0 amide bonds. The molecular weight excluding hydrogens is 423 g/mol. The first kappa shape index (κ1) is 17.1. The lowest BCUT2D eigenvalue weighted by Gasteiger charge is -2.19. The highest BCUT2D eigenvalue weighted by atomic mass is 79.9. The number of benzene rings is 1. The van der Waals surface area contributed by atoms with Gasteiger partial charge in [-0.25, -0.2) is 9.32 Å². The van der Waals surface area contributed by atoms with Crippen LogP contribution in [-0.2, 0) is 18.4 Å². The number of rotatable bonds is 2. The van der Waals surface area contributed by atoms with Crippen molar-refractivity contribution < 1.29 is 35.3 Å². The van der Waals surface area contributed by atoms with Crippen LogP contribution in [0.4, 0.5) is 0 Å². The second-order valence-corrected chi connectivity index (χ2v) is 7.77. The van der Waals surface area contributed by atoms with Crippen molar-refractivity contribution in [2.45, 2.75) is 32.0 Å². The third-order valence-electron chi connectivity index (χ3n) is 3.57. The summed E-state index contributed by atoms with van der Waals surface area (Å²) in [7, 11) is -2.73. The van der Waals surface area contributed by atoms with Gasteiger partial charge in [0, 0.05) is 0 Å². The summed E-state index contributed by atoms with van der Waals surface area (Å²) in [6.45, 7) is 3.97. The van der Waals surface area contributed by atoms with Gasteiger partial charge in [0.1, 0.15) is 0 Å². The van der Waals surface area contributed by atoms with Crippen LogP contribution in [0.5, 0.6) is 0 Å². The topological polar surface area (TPSA) is 44.8 Å². The molecule has 1 fully saturated rings.